The predicted molar refractivity (Wildman–Crippen MR) is 86.7 cm³/mol. The first-order valence-electron chi connectivity index (χ1n) is 7.40. The average molecular weight is 403 g/mol. The van der Waals surface area contributed by atoms with Crippen LogP contribution >= 0.6 is 11.6 Å². The van der Waals surface area contributed by atoms with Crippen LogP contribution in [0.4, 0.5) is 23.5 Å². The molecule has 0 aliphatic rings. The molecule has 0 saturated carbocycles. The second kappa shape index (κ2) is 6.99. The molecule has 0 radical (unpaired) electrons. The molecule has 7 nitrogen and oxygen atoms in total. The Balaban J connectivity index is 1.74. The molecule has 0 unspecified atom stereocenters. The highest BCUT2D eigenvalue weighted by Crippen LogP contribution is 2.36. The van der Waals surface area contributed by atoms with Crippen LogP contribution in [0.5, 0.6) is 0 Å². The molecule has 27 heavy (non-hydrogen) atoms. The monoisotopic (exact) mass is 402 g/mol. The first kappa shape index (κ1) is 18.8. The third kappa shape index (κ3) is 4.08. The van der Waals surface area contributed by atoms with Gasteiger partial charge in [-0.2, -0.15) is 18.3 Å². The number of aryl methyl sites for hydroxylation is 1. The van der Waals surface area contributed by atoms with Crippen molar-refractivity contribution in [2.45, 2.75) is 12.7 Å². The van der Waals surface area contributed by atoms with Gasteiger partial charge in [-0.15, -0.1) is 5.10 Å². The second-order valence-electron chi connectivity index (χ2n) is 5.48. The molecule has 0 saturated heterocycles. The lowest BCUT2D eigenvalue weighted by Crippen LogP contribution is -2.15. The van der Waals surface area contributed by atoms with Crippen molar-refractivity contribution >= 4 is 23.5 Å². The van der Waals surface area contributed by atoms with Gasteiger partial charge in [0.1, 0.15) is 17.2 Å². The summed E-state index contributed by atoms with van der Waals surface area (Å²) in [7, 11) is 1.03. The van der Waals surface area contributed by atoms with Crippen LogP contribution in [0, 0.1) is 5.82 Å². The van der Waals surface area contributed by atoms with Crippen molar-refractivity contribution in [2.75, 3.05) is 5.32 Å². The Morgan fingerprint density at radius 2 is 1.89 bits per heavy atom. The topological polar surface area (TPSA) is 77.6 Å². The van der Waals surface area contributed by atoms with Crippen LogP contribution in [-0.4, -0.2) is 30.5 Å². The standard InChI is InChI=1S/C15H11ClF4N6O/c1-25-12(15(18,19)20)10(16)11(23-25)13(27)22-14-21-7-26(24-14)6-8-2-4-9(17)5-3-8/h2-5,7H,6H2,1H3,(H,22,24,27). The van der Waals surface area contributed by atoms with Gasteiger partial charge in [0.2, 0.25) is 5.95 Å². The van der Waals surface area contributed by atoms with E-state index < -0.39 is 28.5 Å². The number of carbonyl (C=O) groups excluding carboxylic acids is 1. The Labute approximate surface area is 154 Å². The minimum Gasteiger partial charge on any atom is -0.288 e. The molecular weight excluding hydrogens is 392 g/mol. The minimum atomic E-state index is -4.76. The number of benzene rings is 1. The van der Waals surface area contributed by atoms with Crippen LogP contribution < -0.4 is 5.32 Å². The fraction of sp³-hybridized carbons (Fsp3) is 0.200. The average Bonchev–Trinajstić information content (AvgIpc) is 3.12. The maximum Gasteiger partial charge on any atom is 0.434 e. The predicted octanol–water partition coefficient (Wildman–Crippen LogP) is 3.12. The molecule has 0 spiro atoms. The number of carbonyl (C=O) groups is 1. The number of halogens is 5. The van der Waals surface area contributed by atoms with E-state index in [0.29, 0.717) is 4.68 Å². The summed E-state index contributed by atoms with van der Waals surface area (Å²) in [4.78, 5) is 16.0. The van der Waals surface area contributed by atoms with Crippen molar-refractivity contribution in [3.8, 4) is 0 Å². The third-order valence-corrected chi connectivity index (χ3v) is 3.85. The van der Waals surface area contributed by atoms with Crippen molar-refractivity contribution in [1.29, 1.82) is 0 Å². The number of nitrogens with one attached hydrogen (secondary N) is 1. The van der Waals surface area contributed by atoms with Gasteiger partial charge in [-0.25, -0.2) is 14.1 Å². The lowest BCUT2D eigenvalue weighted by atomic mass is 10.2. The number of nitrogens with zero attached hydrogens (tertiary/aromatic N) is 5. The van der Waals surface area contributed by atoms with Gasteiger partial charge in [-0.1, -0.05) is 23.7 Å². The maximum atomic E-state index is 12.9. The summed E-state index contributed by atoms with van der Waals surface area (Å²) in [6.45, 7) is 0.256. The summed E-state index contributed by atoms with van der Waals surface area (Å²) in [5.74, 6) is -1.50. The summed E-state index contributed by atoms with van der Waals surface area (Å²) in [5.41, 5.74) is -1.09. The van der Waals surface area contributed by atoms with Crippen LogP contribution in [0.3, 0.4) is 0 Å². The molecule has 1 amide bonds. The molecule has 2 heterocycles. The Kier molecular flexibility index (Phi) is 4.87. The quantitative estimate of drug-likeness (QED) is 0.680. The van der Waals surface area contributed by atoms with Crippen LogP contribution in [0.2, 0.25) is 5.02 Å². The number of hydrogen-bond acceptors (Lipinski definition) is 4. The first-order chi connectivity index (χ1) is 12.6. The van der Waals surface area contributed by atoms with Gasteiger partial charge in [-0.3, -0.25) is 14.8 Å². The smallest absolute Gasteiger partial charge is 0.288 e. The molecule has 0 bridgehead atoms. The summed E-state index contributed by atoms with van der Waals surface area (Å²) < 4.78 is 53.5. The van der Waals surface area contributed by atoms with Crippen molar-refractivity contribution in [3.63, 3.8) is 0 Å². The highest BCUT2D eigenvalue weighted by molar-refractivity contribution is 6.34. The number of rotatable bonds is 4. The van der Waals surface area contributed by atoms with E-state index in [1.54, 1.807) is 12.1 Å². The van der Waals surface area contributed by atoms with E-state index in [2.05, 4.69) is 20.5 Å². The lowest BCUT2D eigenvalue weighted by Gasteiger charge is -2.06. The van der Waals surface area contributed by atoms with Crippen LogP contribution in [0.1, 0.15) is 21.7 Å². The molecule has 3 rings (SSSR count). The number of amides is 1. The van der Waals surface area contributed by atoms with Crippen LogP contribution in [-0.2, 0) is 19.8 Å². The van der Waals surface area contributed by atoms with Gasteiger partial charge in [0.05, 0.1) is 6.54 Å². The first-order valence-corrected chi connectivity index (χ1v) is 7.78. The number of hydrogen-bond donors (Lipinski definition) is 1. The molecule has 2 aromatic heterocycles. The largest absolute Gasteiger partial charge is 0.434 e. The summed E-state index contributed by atoms with van der Waals surface area (Å²) >= 11 is 5.66. The third-order valence-electron chi connectivity index (χ3n) is 3.49. The van der Waals surface area contributed by atoms with Crippen molar-refractivity contribution < 1.29 is 22.4 Å². The van der Waals surface area contributed by atoms with Crippen LogP contribution in [0.15, 0.2) is 30.6 Å². The zero-order valence-electron chi connectivity index (χ0n) is 13.6. The summed E-state index contributed by atoms with van der Waals surface area (Å²) in [5, 5.41) is 8.92. The van der Waals surface area contributed by atoms with E-state index >= 15 is 0 Å². The Hall–Kier alpha value is -2.95. The Morgan fingerprint density at radius 3 is 2.48 bits per heavy atom. The molecule has 3 aromatic rings. The molecule has 0 aliphatic carbocycles. The highest BCUT2D eigenvalue weighted by atomic mass is 35.5. The van der Waals surface area contributed by atoms with Gasteiger partial charge in [0, 0.05) is 7.05 Å². The molecule has 1 aromatic carbocycles. The zero-order valence-corrected chi connectivity index (χ0v) is 14.4. The van der Waals surface area contributed by atoms with E-state index in [1.165, 1.54) is 23.1 Å². The van der Waals surface area contributed by atoms with E-state index in [4.69, 9.17) is 11.6 Å². The normalized spacial score (nSPS) is 11.6. The molecule has 0 atom stereocenters. The van der Waals surface area contributed by atoms with Gasteiger partial charge in [0.15, 0.2) is 11.4 Å². The number of alkyl halides is 3. The fourth-order valence-corrected chi connectivity index (χ4v) is 2.67. The molecule has 12 heteroatoms. The maximum absolute atomic E-state index is 12.9. The lowest BCUT2D eigenvalue weighted by molar-refractivity contribution is -0.143. The molecule has 0 aliphatic heterocycles. The van der Waals surface area contributed by atoms with E-state index in [0.717, 1.165) is 12.6 Å². The second-order valence-corrected chi connectivity index (χ2v) is 5.86. The fourth-order valence-electron chi connectivity index (χ4n) is 2.32. The minimum absolute atomic E-state index is 0.141. The molecule has 142 valence electrons. The summed E-state index contributed by atoms with van der Waals surface area (Å²) in [6.07, 6.45) is -3.45. The van der Waals surface area contributed by atoms with Crippen molar-refractivity contribution in [1.82, 2.24) is 24.5 Å². The molecular formula is C15H11ClF4N6O. The van der Waals surface area contributed by atoms with Gasteiger partial charge >= 0.3 is 6.18 Å². The Morgan fingerprint density at radius 1 is 1.22 bits per heavy atom. The van der Waals surface area contributed by atoms with E-state index in [1.807, 2.05) is 0 Å². The van der Waals surface area contributed by atoms with Gasteiger partial charge in [-0.05, 0) is 17.7 Å². The zero-order chi connectivity index (χ0) is 19.8. The van der Waals surface area contributed by atoms with E-state index in [-0.39, 0.29) is 18.3 Å². The number of aromatic nitrogens is 5. The Bertz CT molecular complexity index is 979. The van der Waals surface area contributed by atoms with Crippen molar-refractivity contribution in [3.05, 3.63) is 58.4 Å². The number of anilines is 1. The van der Waals surface area contributed by atoms with Crippen LogP contribution in [0.25, 0.3) is 0 Å². The van der Waals surface area contributed by atoms with Gasteiger partial charge < -0.3 is 0 Å². The SMILES string of the molecule is Cn1nc(C(=O)Nc2ncn(Cc3ccc(F)cc3)n2)c(Cl)c1C(F)(F)F. The van der Waals surface area contributed by atoms with Gasteiger partial charge in [0.25, 0.3) is 5.91 Å². The van der Waals surface area contributed by atoms with E-state index in [9.17, 15) is 22.4 Å². The molecule has 0 fully saturated rings. The van der Waals surface area contributed by atoms with Crippen molar-refractivity contribution in [2.24, 2.45) is 7.05 Å². The molecule has 1 N–H and O–H groups in total. The summed E-state index contributed by atoms with van der Waals surface area (Å²) in [6, 6.07) is 5.69. The highest BCUT2D eigenvalue weighted by Gasteiger charge is 2.40.